The molecule has 1 atom stereocenters. The number of allylic oxidation sites excluding steroid dienone is 2. The second-order valence-electron chi connectivity index (χ2n) is 3.17. The fraction of sp³-hybridized carbons (Fsp3) is 0.111. The predicted octanol–water partition coefficient (Wildman–Crippen LogP) is -0.00330. The smallest absolute Gasteiger partial charge is 0.0502 e. The van der Waals surface area contributed by atoms with Gasteiger partial charge in [-0.3, -0.25) is 0 Å². The van der Waals surface area contributed by atoms with E-state index in [0.29, 0.717) is 5.92 Å². The monoisotopic (exact) mass is 127 g/mol. The standard InChI is InChI=1S/C9H5N/c1-2-5-7-4(1)8-6(7)3-10-9(5)8/h1-3,7,10H. The molecule has 1 heterocycles. The van der Waals surface area contributed by atoms with Crippen molar-refractivity contribution in [3.05, 3.63) is 34.5 Å². The maximum absolute atomic E-state index is 3.29. The molecular weight excluding hydrogens is 122 g/mol. The topological polar surface area (TPSA) is 15.8 Å². The van der Waals surface area contributed by atoms with Gasteiger partial charge in [-0.1, -0.05) is 12.2 Å². The molecule has 0 aromatic carbocycles. The van der Waals surface area contributed by atoms with E-state index in [1.54, 1.807) is 5.57 Å². The Hall–Kier alpha value is -1.24. The van der Waals surface area contributed by atoms with E-state index in [0.717, 1.165) is 0 Å². The summed E-state index contributed by atoms with van der Waals surface area (Å²) in [6.45, 7) is 0. The van der Waals surface area contributed by atoms with Crippen molar-refractivity contribution >= 4 is 11.1 Å². The normalized spacial score (nSPS) is 28.2. The third-order valence-corrected chi connectivity index (χ3v) is 2.86. The van der Waals surface area contributed by atoms with E-state index in [-0.39, 0.29) is 0 Å². The van der Waals surface area contributed by atoms with Crippen LogP contribution in [0.25, 0.3) is 11.1 Å². The first kappa shape index (κ1) is 3.81. The van der Waals surface area contributed by atoms with Gasteiger partial charge in [0.15, 0.2) is 0 Å². The van der Waals surface area contributed by atoms with E-state index in [9.17, 15) is 0 Å². The molecule has 4 aliphatic carbocycles. The van der Waals surface area contributed by atoms with Crippen molar-refractivity contribution in [2.24, 2.45) is 0 Å². The Balaban J connectivity index is 2.66. The van der Waals surface area contributed by atoms with Gasteiger partial charge in [0, 0.05) is 17.3 Å². The molecule has 46 valence electrons. The summed E-state index contributed by atoms with van der Waals surface area (Å²) in [7, 11) is 0. The molecule has 5 rings (SSSR count). The molecule has 0 aliphatic heterocycles. The lowest BCUT2D eigenvalue weighted by Crippen LogP contribution is -2.27. The first-order valence-electron chi connectivity index (χ1n) is 3.60. The van der Waals surface area contributed by atoms with Gasteiger partial charge in [0.1, 0.15) is 0 Å². The molecule has 1 unspecified atom stereocenters. The zero-order chi connectivity index (χ0) is 6.29. The average molecular weight is 127 g/mol. The third-order valence-electron chi connectivity index (χ3n) is 2.86. The molecular formula is C9H5N. The molecule has 4 aliphatic rings. The van der Waals surface area contributed by atoms with E-state index in [1.807, 2.05) is 0 Å². The minimum atomic E-state index is 0.714. The summed E-state index contributed by atoms with van der Waals surface area (Å²) in [5.74, 6) is 0.714. The Morgan fingerprint density at radius 2 is 2.10 bits per heavy atom. The van der Waals surface area contributed by atoms with Crippen molar-refractivity contribution in [2.45, 2.75) is 5.92 Å². The molecule has 0 amide bonds. The zero-order valence-corrected chi connectivity index (χ0v) is 5.31. The van der Waals surface area contributed by atoms with Gasteiger partial charge in [-0.25, -0.2) is 0 Å². The van der Waals surface area contributed by atoms with Crippen molar-refractivity contribution < 1.29 is 0 Å². The molecule has 0 saturated heterocycles. The Kier molecular flexibility index (Phi) is 0.314. The quantitative estimate of drug-likeness (QED) is 0.505. The lowest BCUT2D eigenvalue weighted by atomic mass is 9.86. The van der Waals surface area contributed by atoms with E-state index >= 15 is 0 Å². The van der Waals surface area contributed by atoms with Crippen LogP contribution in [0.2, 0.25) is 0 Å². The third kappa shape index (κ3) is 0.166. The molecule has 0 radical (unpaired) electrons. The highest BCUT2D eigenvalue weighted by atomic mass is 14.7. The van der Waals surface area contributed by atoms with Crippen LogP contribution >= 0.6 is 0 Å². The SMILES string of the molecule is C1=CC2=c3c4c[nH]c3=C1C24. The molecule has 10 heavy (non-hydrogen) atoms. The molecule has 6 bridgehead atoms. The van der Waals surface area contributed by atoms with Gasteiger partial charge >= 0.3 is 0 Å². The van der Waals surface area contributed by atoms with Crippen LogP contribution < -0.4 is 10.6 Å². The maximum atomic E-state index is 3.29. The van der Waals surface area contributed by atoms with Crippen LogP contribution in [-0.2, 0) is 0 Å². The van der Waals surface area contributed by atoms with E-state index in [4.69, 9.17) is 0 Å². The Morgan fingerprint density at radius 3 is 2.80 bits per heavy atom. The second kappa shape index (κ2) is 0.823. The van der Waals surface area contributed by atoms with Crippen molar-refractivity contribution in [3.63, 3.8) is 0 Å². The highest BCUT2D eigenvalue weighted by molar-refractivity contribution is 5.98. The Labute approximate surface area is 57.4 Å². The Bertz CT molecular complexity index is 475. The van der Waals surface area contributed by atoms with Crippen LogP contribution in [0.3, 0.4) is 0 Å². The number of hydrogen-bond donors (Lipinski definition) is 1. The molecule has 0 saturated carbocycles. The summed E-state index contributed by atoms with van der Waals surface area (Å²) in [5.41, 5.74) is 4.61. The highest BCUT2D eigenvalue weighted by Gasteiger charge is 2.40. The van der Waals surface area contributed by atoms with Gasteiger partial charge < -0.3 is 4.98 Å². The van der Waals surface area contributed by atoms with Crippen LogP contribution in [-0.4, -0.2) is 4.98 Å². The van der Waals surface area contributed by atoms with Gasteiger partial charge in [0.05, 0.1) is 5.35 Å². The van der Waals surface area contributed by atoms with Gasteiger partial charge in [0.2, 0.25) is 0 Å². The molecule has 0 fully saturated rings. The molecule has 1 nitrogen and oxygen atoms in total. The van der Waals surface area contributed by atoms with Crippen molar-refractivity contribution in [2.75, 3.05) is 0 Å². The maximum Gasteiger partial charge on any atom is 0.0502 e. The summed E-state index contributed by atoms with van der Waals surface area (Å²) >= 11 is 0. The van der Waals surface area contributed by atoms with Crippen molar-refractivity contribution in [1.29, 1.82) is 0 Å². The van der Waals surface area contributed by atoms with E-state index in [1.165, 1.54) is 21.7 Å². The minimum Gasteiger partial charge on any atom is -0.361 e. The van der Waals surface area contributed by atoms with Gasteiger partial charge in [-0.05, 0) is 16.7 Å². The van der Waals surface area contributed by atoms with Gasteiger partial charge in [0.25, 0.3) is 0 Å². The molecule has 1 heteroatoms. The number of rotatable bonds is 0. The van der Waals surface area contributed by atoms with Crippen LogP contribution in [0.1, 0.15) is 11.5 Å². The fourth-order valence-electron chi connectivity index (χ4n) is 2.46. The van der Waals surface area contributed by atoms with Crippen molar-refractivity contribution in [3.8, 4) is 0 Å². The predicted molar refractivity (Wildman–Crippen MR) is 38.7 cm³/mol. The van der Waals surface area contributed by atoms with E-state index in [2.05, 4.69) is 23.3 Å². The Morgan fingerprint density at radius 1 is 1.20 bits per heavy atom. The van der Waals surface area contributed by atoms with Gasteiger partial charge in [-0.15, -0.1) is 0 Å². The summed E-state index contributed by atoms with van der Waals surface area (Å²) in [5, 5.41) is 2.92. The minimum absolute atomic E-state index is 0.714. The van der Waals surface area contributed by atoms with Crippen LogP contribution in [0, 0.1) is 0 Å². The second-order valence-corrected chi connectivity index (χ2v) is 3.17. The average Bonchev–Trinajstić information content (AvgIpc) is 2.50. The first-order valence-corrected chi connectivity index (χ1v) is 3.60. The number of hydrogen-bond acceptors (Lipinski definition) is 0. The van der Waals surface area contributed by atoms with Crippen LogP contribution in [0.15, 0.2) is 18.3 Å². The van der Waals surface area contributed by atoms with Crippen molar-refractivity contribution in [1.82, 2.24) is 4.98 Å². The highest BCUT2D eigenvalue weighted by Crippen LogP contribution is 2.46. The molecule has 0 spiro atoms. The van der Waals surface area contributed by atoms with Crippen LogP contribution in [0.5, 0.6) is 0 Å². The summed E-state index contributed by atoms with van der Waals surface area (Å²) in [6.07, 6.45) is 6.64. The lowest BCUT2D eigenvalue weighted by molar-refractivity contribution is 1.10. The number of aromatic nitrogens is 1. The summed E-state index contributed by atoms with van der Waals surface area (Å²) < 4.78 is 0. The fourth-order valence-corrected chi connectivity index (χ4v) is 2.46. The largest absolute Gasteiger partial charge is 0.361 e. The van der Waals surface area contributed by atoms with E-state index < -0.39 is 0 Å². The molecule has 1 aromatic rings. The molecule has 1 aromatic heterocycles. The number of nitrogens with one attached hydrogen (secondary N) is 1. The number of H-pyrrole nitrogens is 1. The lowest BCUT2D eigenvalue weighted by Gasteiger charge is -2.15. The summed E-state index contributed by atoms with van der Waals surface area (Å²) in [4.78, 5) is 3.29. The first-order chi connectivity index (χ1) is 4.97. The zero-order valence-electron chi connectivity index (χ0n) is 5.31. The number of aromatic amines is 1. The molecule has 1 N–H and O–H groups in total. The van der Waals surface area contributed by atoms with Gasteiger partial charge in [-0.2, -0.15) is 0 Å². The summed E-state index contributed by atoms with van der Waals surface area (Å²) in [6, 6.07) is 0. The van der Waals surface area contributed by atoms with Crippen LogP contribution in [0.4, 0.5) is 0 Å².